The van der Waals surface area contributed by atoms with Gasteiger partial charge in [0, 0.05) is 0 Å². The van der Waals surface area contributed by atoms with Crippen LogP contribution in [0.25, 0.3) is 0 Å². The average Bonchev–Trinajstić information content (AvgIpc) is 2.07. The minimum atomic E-state index is -4.55. The number of halogens is 4. The van der Waals surface area contributed by atoms with E-state index in [1.165, 1.54) is 12.3 Å². The molecule has 1 aromatic carbocycles. The lowest BCUT2D eigenvalue weighted by atomic mass is 10.2. The van der Waals surface area contributed by atoms with Gasteiger partial charge in [0.1, 0.15) is 5.75 Å². The maximum absolute atomic E-state index is 12.2. The SMILES string of the molecule is N#COc1ccc(Cl)c(C(F)(F)F)c1. The fourth-order valence-corrected chi connectivity index (χ4v) is 1.06. The van der Waals surface area contributed by atoms with Crippen molar-refractivity contribution in [1.82, 2.24) is 0 Å². The Balaban J connectivity index is 3.17. The van der Waals surface area contributed by atoms with Crippen molar-refractivity contribution in [3.05, 3.63) is 28.8 Å². The second-order valence-corrected chi connectivity index (χ2v) is 2.74. The van der Waals surface area contributed by atoms with E-state index < -0.39 is 16.8 Å². The molecule has 1 aromatic rings. The Morgan fingerprint density at radius 1 is 1.36 bits per heavy atom. The van der Waals surface area contributed by atoms with E-state index in [1.807, 2.05) is 0 Å². The van der Waals surface area contributed by atoms with Crippen LogP contribution in [-0.4, -0.2) is 0 Å². The van der Waals surface area contributed by atoms with E-state index in [-0.39, 0.29) is 5.75 Å². The first-order chi connectivity index (χ1) is 6.45. The summed E-state index contributed by atoms with van der Waals surface area (Å²) < 4.78 is 41.0. The van der Waals surface area contributed by atoms with E-state index in [1.54, 1.807) is 0 Å². The summed E-state index contributed by atoms with van der Waals surface area (Å²) in [5.74, 6) is -0.191. The van der Waals surface area contributed by atoms with Crippen molar-refractivity contribution < 1.29 is 17.9 Å². The maximum atomic E-state index is 12.2. The molecule has 0 saturated carbocycles. The molecule has 2 nitrogen and oxygen atoms in total. The van der Waals surface area contributed by atoms with E-state index in [4.69, 9.17) is 16.9 Å². The summed E-state index contributed by atoms with van der Waals surface area (Å²) in [5.41, 5.74) is -1.02. The number of ether oxygens (including phenoxy) is 1. The Hall–Kier alpha value is -1.41. The Morgan fingerprint density at radius 3 is 2.50 bits per heavy atom. The predicted octanol–water partition coefficient (Wildman–Crippen LogP) is 3.22. The van der Waals surface area contributed by atoms with Crippen LogP contribution in [-0.2, 0) is 6.18 Å². The highest BCUT2D eigenvalue weighted by Gasteiger charge is 2.33. The van der Waals surface area contributed by atoms with Crippen LogP contribution in [0.1, 0.15) is 5.56 Å². The fraction of sp³-hybridized carbons (Fsp3) is 0.125. The molecule has 0 radical (unpaired) electrons. The van der Waals surface area contributed by atoms with Crippen LogP contribution < -0.4 is 4.74 Å². The molecule has 0 spiro atoms. The Morgan fingerprint density at radius 2 is 2.00 bits per heavy atom. The van der Waals surface area contributed by atoms with Crippen LogP contribution >= 0.6 is 11.6 Å². The smallest absolute Gasteiger partial charge is 0.388 e. The summed E-state index contributed by atoms with van der Waals surface area (Å²) in [4.78, 5) is 0. The van der Waals surface area contributed by atoms with Crippen molar-refractivity contribution in [2.24, 2.45) is 0 Å². The summed E-state index contributed by atoms with van der Waals surface area (Å²) in [7, 11) is 0. The van der Waals surface area contributed by atoms with Gasteiger partial charge < -0.3 is 4.74 Å². The Kier molecular flexibility index (Phi) is 2.87. The highest BCUT2D eigenvalue weighted by Crippen LogP contribution is 2.36. The first kappa shape index (κ1) is 10.7. The summed E-state index contributed by atoms with van der Waals surface area (Å²) in [6.07, 6.45) is -3.28. The van der Waals surface area contributed by atoms with E-state index in [0.717, 1.165) is 6.07 Å². The van der Waals surface area contributed by atoms with Gasteiger partial charge in [-0.3, -0.25) is 0 Å². The van der Waals surface area contributed by atoms with E-state index >= 15 is 0 Å². The van der Waals surface area contributed by atoms with Gasteiger partial charge in [-0.25, -0.2) is 0 Å². The maximum Gasteiger partial charge on any atom is 0.417 e. The number of nitrogens with zero attached hydrogens (tertiary/aromatic N) is 1. The average molecular weight is 222 g/mol. The molecule has 1 rings (SSSR count). The van der Waals surface area contributed by atoms with Gasteiger partial charge >= 0.3 is 6.18 Å². The zero-order valence-electron chi connectivity index (χ0n) is 6.60. The Labute approximate surface area is 82.5 Å². The lowest BCUT2D eigenvalue weighted by Gasteiger charge is -2.08. The molecule has 0 bridgehead atoms. The molecule has 0 atom stereocenters. The van der Waals surface area contributed by atoms with Crippen LogP contribution in [0.2, 0.25) is 5.02 Å². The third-order valence-corrected chi connectivity index (χ3v) is 1.74. The Bertz CT molecular complexity index is 383. The van der Waals surface area contributed by atoms with Crippen molar-refractivity contribution in [3.63, 3.8) is 0 Å². The first-order valence-electron chi connectivity index (χ1n) is 3.38. The molecule has 0 aliphatic carbocycles. The molecule has 6 heteroatoms. The molecule has 0 aliphatic heterocycles. The van der Waals surface area contributed by atoms with Gasteiger partial charge in [-0.15, -0.1) is 5.26 Å². The van der Waals surface area contributed by atoms with Gasteiger partial charge in [-0.1, -0.05) is 11.6 Å². The van der Waals surface area contributed by atoms with Crippen LogP contribution in [0.5, 0.6) is 5.75 Å². The molecule has 0 heterocycles. The fourth-order valence-electron chi connectivity index (χ4n) is 0.838. The van der Waals surface area contributed by atoms with Crippen molar-refractivity contribution in [3.8, 4) is 12.0 Å². The molecular weight excluding hydrogens is 219 g/mol. The lowest BCUT2D eigenvalue weighted by molar-refractivity contribution is -0.137. The molecule has 0 aromatic heterocycles. The highest BCUT2D eigenvalue weighted by atomic mass is 35.5. The van der Waals surface area contributed by atoms with Gasteiger partial charge in [-0.05, 0) is 18.2 Å². The number of hydrogen-bond acceptors (Lipinski definition) is 2. The molecule has 0 unspecified atom stereocenters. The molecular formula is C8H3ClF3NO. The number of alkyl halides is 3. The van der Waals surface area contributed by atoms with Crippen molar-refractivity contribution in [2.75, 3.05) is 0 Å². The van der Waals surface area contributed by atoms with E-state index in [2.05, 4.69) is 4.74 Å². The number of nitriles is 1. The second kappa shape index (κ2) is 3.76. The van der Waals surface area contributed by atoms with Gasteiger partial charge in [0.2, 0.25) is 0 Å². The third-order valence-electron chi connectivity index (χ3n) is 1.41. The topological polar surface area (TPSA) is 33.0 Å². The zero-order chi connectivity index (χ0) is 10.8. The van der Waals surface area contributed by atoms with Crippen LogP contribution in [0, 0.1) is 11.5 Å². The van der Waals surface area contributed by atoms with Crippen LogP contribution in [0.15, 0.2) is 18.2 Å². The molecule has 0 fully saturated rings. The monoisotopic (exact) mass is 221 g/mol. The third kappa shape index (κ3) is 2.30. The number of benzene rings is 1. The largest absolute Gasteiger partial charge is 0.417 e. The van der Waals surface area contributed by atoms with E-state index in [9.17, 15) is 13.2 Å². The standard InChI is InChI=1S/C8H3ClF3NO/c9-7-2-1-5(14-4-13)3-6(7)8(10,11)12/h1-3H. The molecule has 0 aliphatic rings. The lowest BCUT2D eigenvalue weighted by Crippen LogP contribution is -2.05. The molecule has 0 saturated heterocycles. The second-order valence-electron chi connectivity index (χ2n) is 2.33. The summed E-state index contributed by atoms with van der Waals surface area (Å²) in [6, 6.07) is 2.88. The molecule has 0 N–H and O–H groups in total. The molecule has 0 amide bonds. The van der Waals surface area contributed by atoms with Crippen LogP contribution in [0.3, 0.4) is 0 Å². The van der Waals surface area contributed by atoms with Crippen molar-refractivity contribution in [2.45, 2.75) is 6.18 Å². The van der Waals surface area contributed by atoms with Gasteiger partial charge in [0.15, 0.2) is 0 Å². The van der Waals surface area contributed by atoms with Gasteiger partial charge in [0.25, 0.3) is 6.26 Å². The normalized spacial score (nSPS) is 10.8. The zero-order valence-corrected chi connectivity index (χ0v) is 7.36. The van der Waals surface area contributed by atoms with Gasteiger partial charge in [-0.2, -0.15) is 13.2 Å². The van der Waals surface area contributed by atoms with Crippen LogP contribution in [0.4, 0.5) is 13.2 Å². The minimum absolute atomic E-state index is 0.191. The summed E-state index contributed by atoms with van der Waals surface area (Å²) >= 11 is 5.32. The number of rotatable bonds is 1. The summed E-state index contributed by atoms with van der Waals surface area (Å²) in [5, 5.41) is 7.67. The first-order valence-corrected chi connectivity index (χ1v) is 3.75. The van der Waals surface area contributed by atoms with Gasteiger partial charge in [0.05, 0.1) is 10.6 Å². The number of hydrogen-bond donors (Lipinski definition) is 0. The van der Waals surface area contributed by atoms with Crippen molar-refractivity contribution in [1.29, 1.82) is 5.26 Å². The summed E-state index contributed by atoms with van der Waals surface area (Å²) in [6.45, 7) is 0. The quantitative estimate of drug-likeness (QED) is 0.682. The molecule has 74 valence electrons. The predicted molar refractivity (Wildman–Crippen MR) is 42.7 cm³/mol. The minimum Gasteiger partial charge on any atom is -0.388 e. The van der Waals surface area contributed by atoms with Crippen molar-refractivity contribution >= 4 is 11.6 Å². The van der Waals surface area contributed by atoms with E-state index in [0.29, 0.717) is 6.07 Å². The highest BCUT2D eigenvalue weighted by molar-refractivity contribution is 6.31. The molecule has 14 heavy (non-hydrogen) atoms.